The number of nitrogen functional groups attached to an aromatic ring is 1. The number of imidazole rings is 1. The fourth-order valence-corrected chi connectivity index (χ4v) is 11.2. The fourth-order valence-electron chi connectivity index (χ4n) is 9.82. The lowest BCUT2D eigenvalue weighted by molar-refractivity contribution is 0.107. The van der Waals surface area contributed by atoms with Gasteiger partial charge in [-0.2, -0.15) is 25.6 Å². The molecule has 276 valence electrons. The van der Waals surface area contributed by atoms with Gasteiger partial charge >= 0.3 is 6.01 Å². The highest BCUT2D eigenvalue weighted by Gasteiger charge is 2.53. The van der Waals surface area contributed by atoms with Gasteiger partial charge < -0.3 is 24.8 Å². The summed E-state index contributed by atoms with van der Waals surface area (Å²) in [5.74, 6) is 1.65. The Kier molecular flexibility index (Phi) is 7.64. The average Bonchev–Trinajstić information content (AvgIpc) is 3.96. The Morgan fingerprint density at radius 1 is 1.04 bits per heavy atom. The molecule has 16 heteroatoms. The van der Waals surface area contributed by atoms with E-state index in [1.807, 2.05) is 40.6 Å². The summed E-state index contributed by atoms with van der Waals surface area (Å²) in [6, 6.07) is 12.9. The van der Waals surface area contributed by atoms with Gasteiger partial charge in [-0.05, 0) is 56.3 Å². The second-order valence-corrected chi connectivity index (χ2v) is 17.0. The molecule has 54 heavy (non-hydrogen) atoms. The Hall–Kier alpha value is -4.96. The quantitative estimate of drug-likeness (QED) is 0.239. The summed E-state index contributed by atoms with van der Waals surface area (Å²) in [6.07, 6.45) is 3.90. The Morgan fingerprint density at radius 2 is 1.83 bits per heavy atom. The van der Waals surface area contributed by atoms with Crippen molar-refractivity contribution < 1.29 is 9.13 Å². The first-order valence-electron chi connectivity index (χ1n) is 18.5. The van der Waals surface area contributed by atoms with Crippen molar-refractivity contribution in [3.63, 3.8) is 0 Å². The molecule has 3 fully saturated rings. The lowest BCUT2D eigenvalue weighted by atomic mass is 9.74. The first-order valence-corrected chi connectivity index (χ1v) is 19.7. The number of fused-ring (bicyclic) bond motifs is 5. The molecule has 4 aliphatic heterocycles. The van der Waals surface area contributed by atoms with Gasteiger partial charge in [0, 0.05) is 56.5 Å². The summed E-state index contributed by atoms with van der Waals surface area (Å²) >= 11 is 8.69. The lowest BCUT2D eigenvalue weighted by Gasteiger charge is -2.49. The van der Waals surface area contributed by atoms with E-state index in [1.165, 1.54) is 16.2 Å². The Morgan fingerprint density at radius 3 is 2.63 bits per heavy atom. The number of benzene rings is 1. The van der Waals surface area contributed by atoms with E-state index in [-0.39, 0.29) is 23.6 Å². The third-order valence-corrected chi connectivity index (χ3v) is 13.9. The molecule has 2 N–H and O–H groups in total. The minimum atomic E-state index is -0.888. The number of rotatable bonds is 6. The number of nitriles is 2. The van der Waals surface area contributed by atoms with Crippen LogP contribution in [-0.2, 0) is 32.0 Å². The number of hydrogen-bond donors (Lipinski definition) is 1. The average molecular weight is 765 g/mol. The first kappa shape index (κ1) is 33.6. The van der Waals surface area contributed by atoms with Crippen LogP contribution in [0.1, 0.15) is 59.4 Å². The van der Waals surface area contributed by atoms with E-state index in [2.05, 4.69) is 26.8 Å². The zero-order valence-corrected chi connectivity index (χ0v) is 31.4. The molecule has 0 amide bonds. The van der Waals surface area contributed by atoms with Crippen LogP contribution >= 0.6 is 22.9 Å². The van der Waals surface area contributed by atoms with Crippen molar-refractivity contribution in [1.82, 2.24) is 34.2 Å². The van der Waals surface area contributed by atoms with Crippen LogP contribution in [0.4, 0.5) is 21.0 Å². The zero-order valence-electron chi connectivity index (χ0n) is 29.9. The smallest absolute Gasteiger partial charge is 0.320 e. The minimum Gasteiger partial charge on any atom is -0.461 e. The molecular formula is C38H38ClFN12OS. The van der Waals surface area contributed by atoms with Crippen molar-refractivity contribution in [2.24, 2.45) is 7.05 Å². The number of nitrogens with zero attached hydrogens (tertiary/aromatic N) is 11. The SMILES string of the molecule is Cn1c(-c2nn3c(c2Cl)CN(c2nc(OC[C@@]45CCCN4C[C@H](F)C5)nc(N4CC5(CCc6sc(N)c(C#N)c65)C4)c2C#N)CCC3)nc2ccccc21. The Balaban J connectivity index is 1.02. The van der Waals surface area contributed by atoms with Gasteiger partial charge in [0.2, 0.25) is 0 Å². The van der Waals surface area contributed by atoms with Crippen molar-refractivity contribution in [1.29, 1.82) is 10.5 Å². The number of para-hydroxylation sites is 2. The summed E-state index contributed by atoms with van der Waals surface area (Å²) < 4.78 is 25.1. The lowest BCUT2D eigenvalue weighted by Crippen LogP contribution is -2.59. The number of ether oxygens (including phenoxy) is 1. The van der Waals surface area contributed by atoms with Gasteiger partial charge in [0.1, 0.15) is 41.2 Å². The van der Waals surface area contributed by atoms with E-state index in [0.29, 0.717) is 90.0 Å². The summed E-state index contributed by atoms with van der Waals surface area (Å²) in [5.41, 5.74) is 10.9. The van der Waals surface area contributed by atoms with Gasteiger partial charge in [-0.1, -0.05) is 23.7 Å². The van der Waals surface area contributed by atoms with E-state index < -0.39 is 6.17 Å². The van der Waals surface area contributed by atoms with Crippen LogP contribution in [-0.4, -0.2) is 85.2 Å². The molecule has 1 spiro atoms. The van der Waals surface area contributed by atoms with Crippen LogP contribution in [0.2, 0.25) is 5.02 Å². The first-order chi connectivity index (χ1) is 26.2. The molecule has 8 heterocycles. The van der Waals surface area contributed by atoms with Crippen LogP contribution in [0.25, 0.3) is 22.6 Å². The number of anilines is 3. The molecule has 0 unspecified atom stereocenters. The maximum Gasteiger partial charge on any atom is 0.320 e. The number of aryl methyl sites for hydroxylation is 3. The van der Waals surface area contributed by atoms with E-state index >= 15 is 0 Å². The van der Waals surface area contributed by atoms with Crippen LogP contribution in [0, 0.1) is 22.7 Å². The second kappa shape index (κ2) is 12.3. The molecule has 0 radical (unpaired) electrons. The molecule has 3 saturated heterocycles. The molecule has 1 aromatic carbocycles. The van der Waals surface area contributed by atoms with Crippen LogP contribution in [0.15, 0.2) is 24.3 Å². The highest BCUT2D eigenvalue weighted by Crippen LogP contribution is 2.53. The van der Waals surface area contributed by atoms with E-state index in [4.69, 9.17) is 42.1 Å². The van der Waals surface area contributed by atoms with E-state index in [1.54, 1.807) is 0 Å². The monoisotopic (exact) mass is 764 g/mol. The van der Waals surface area contributed by atoms with Gasteiger partial charge in [-0.25, -0.2) is 9.37 Å². The number of hydrogen-bond acceptors (Lipinski definition) is 12. The van der Waals surface area contributed by atoms with Gasteiger partial charge in [-0.15, -0.1) is 11.3 Å². The molecule has 2 atom stereocenters. The predicted molar refractivity (Wildman–Crippen MR) is 204 cm³/mol. The number of nitrogens with two attached hydrogens (primary N) is 1. The molecule has 5 aromatic rings. The van der Waals surface area contributed by atoms with E-state index in [0.717, 1.165) is 60.9 Å². The summed E-state index contributed by atoms with van der Waals surface area (Å²) in [6.45, 7) is 4.31. The maximum absolute atomic E-state index is 14.7. The molecule has 0 bridgehead atoms. The van der Waals surface area contributed by atoms with Crippen molar-refractivity contribution in [2.45, 2.75) is 68.7 Å². The standard InChI is InChI=1S/C38H38ClFN12OS/c1-48-26-7-3-2-6-25(26)44-35(48)31-30(39)27-18-49(11-5-13-52(27)47-31)33-24(16-42)34(46-36(45-33)53-21-38-9-4-12-51(38)17-22(40)14-38)50-19-37(20-50)10-8-28-29(37)23(15-41)32(43)54-28/h2-3,6-7,22H,4-5,8-14,17-21,43H2,1H3/t22-,38+/m1/s1. The Bertz CT molecular complexity index is 2440. The zero-order chi connectivity index (χ0) is 36.9. The maximum atomic E-state index is 14.7. The molecular weight excluding hydrogens is 727 g/mol. The predicted octanol–water partition coefficient (Wildman–Crippen LogP) is 5.34. The molecule has 13 nitrogen and oxygen atoms in total. The van der Waals surface area contributed by atoms with Gasteiger partial charge in [0.15, 0.2) is 17.5 Å². The third kappa shape index (κ3) is 4.94. The topological polar surface area (TPSA) is 154 Å². The highest BCUT2D eigenvalue weighted by atomic mass is 35.5. The Labute approximate surface area is 320 Å². The number of aromatic nitrogens is 6. The molecule has 4 aromatic heterocycles. The largest absolute Gasteiger partial charge is 0.461 e. The number of thiophene rings is 1. The molecule has 0 saturated carbocycles. The molecule has 5 aliphatic rings. The normalized spacial score (nSPS) is 22.9. The van der Waals surface area contributed by atoms with Gasteiger partial charge in [0.25, 0.3) is 0 Å². The molecule has 10 rings (SSSR count). The van der Waals surface area contributed by atoms with Crippen molar-refractivity contribution in [3.05, 3.63) is 56.5 Å². The second-order valence-electron chi connectivity index (χ2n) is 15.5. The summed E-state index contributed by atoms with van der Waals surface area (Å²) in [4.78, 5) is 22.3. The van der Waals surface area contributed by atoms with E-state index in [9.17, 15) is 14.9 Å². The van der Waals surface area contributed by atoms with Crippen molar-refractivity contribution >= 4 is 50.6 Å². The van der Waals surface area contributed by atoms with Crippen LogP contribution in [0.3, 0.4) is 0 Å². The molecule has 1 aliphatic carbocycles. The third-order valence-electron chi connectivity index (χ3n) is 12.4. The summed E-state index contributed by atoms with van der Waals surface area (Å²) in [7, 11) is 1.96. The minimum absolute atomic E-state index is 0.164. The van der Waals surface area contributed by atoms with Gasteiger partial charge in [-0.3, -0.25) is 9.58 Å². The van der Waals surface area contributed by atoms with Crippen molar-refractivity contribution in [2.75, 3.05) is 54.9 Å². The fraction of sp³-hybridized carbons (Fsp3) is 0.474. The summed E-state index contributed by atoms with van der Waals surface area (Å²) in [5, 5.41) is 26.9. The van der Waals surface area contributed by atoms with Gasteiger partial charge in [0.05, 0.1) is 39.4 Å². The number of halogens is 2. The highest BCUT2D eigenvalue weighted by molar-refractivity contribution is 7.16. The van der Waals surface area contributed by atoms with Crippen molar-refractivity contribution in [3.8, 4) is 29.7 Å². The van der Waals surface area contributed by atoms with Crippen LogP contribution < -0.4 is 20.3 Å². The van der Waals surface area contributed by atoms with Crippen LogP contribution in [0.5, 0.6) is 6.01 Å². The number of alkyl halides is 1.